The summed E-state index contributed by atoms with van der Waals surface area (Å²) < 4.78 is 4.26. The van der Waals surface area contributed by atoms with E-state index in [1.54, 1.807) is 0 Å². The van der Waals surface area contributed by atoms with Crippen LogP contribution >= 0.6 is 0 Å². The summed E-state index contributed by atoms with van der Waals surface area (Å²) in [6.07, 6.45) is 0. The summed E-state index contributed by atoms with van der Waals surface area (Å²) in [7, 11) is -0.625. The minimum atomic E-state index is -1.26. The van der Waals surface area contributed by atoms with Gasteiger partial charge in [0.25, 0.3) is 0 Å². The summed E-state index contributed by atoms with van der Waals surface area (Å²) in [6.45, 7) is 0. The summed E-state index contributed by atoms with van der Waals surface area (Å²) in [5, 5.41) is 0. The van der Waals surface area contributed by atoms with Crippen LogP contribution in [0.4, 0.5) is 0 Å². The van der Waals surface area contributed by atoms with Crippen molar-refractivity contribution in [2.45, 2.75) is 0 Å². The molecule has 26 valence electrons. The molecule has 5 heavy (non-hydrogen) atoms. The van der Waals surface area contributed by atoms with Crippen molar-refractivity contribution in [1.82, 2.24) is 0 Å². The van der Waals surface area contributed by atoms with Crippen LogP contribution in [0.25, 0.3) is 0 Å². The van der Waals surface area contributed by atoms with Crippen molar-refractivity contribution in [2.75, 3.05) is 0 Å². The zero-order chi connectivity index (χ0) is 3.41. The van der Waals surface area contributed by atoms with Gasteiger partial charge < -0.3 is 8.91 Å². The van der Waals surface area contributed by atoms with Gasteiger partial charge in [0.1, 0.15) is 10.5 Å². The normalized spacial score (nSPS) is 9.00. The van der Waals surface area contributed by atoms with Crippen LogP contribution in [0.2, 0.25) is 0 Å². The molecule has 0 aliphatic rings. The smallest absolute Gasteiger partial charge is 0.844 e. The van der Waals surface area contributed by atoms with E-state index in [1.165, 1.54) is 0 Å². The van der Waals surface area contributed by atoms with Gasteiger partial charge in [-0.2, -0.15) is 0 Å². The Morgan fingerprint density at radius 2 is 2.00 bits per heavy atom. The van der Waals surface area contributed by atoms with Crippen LogP contribution in [0.15, 0.2) is 0 Å². The summed E-state index contributed by atoms with van der Waals surface area (Å²) >= 11 is 0. The van der Waals surface area contributed by atoms with E-state index in [-0.39, 0.29) is 29.6 Å². The molecule has 0 heterocycles. The summed E-state index contributed by atoms with van der Waals surface area (Å²) in [4.78, 5) is 9.25. The maximum absolute atomic E-state index is 9.25. The standard InChI is InChI=1S/Na.H5O2Si2/c;1-4-2-3/h;4H2,3H3/q+1;-1. The first kappa shape index (κ1) is 9.61. The Kier molecular flexibility index (Phi) is 17.3. The van der Waals surface area contributed by atoms with Crippen molar-refractivity contribution in [3.8, 4) is 0 Å². The molecule has 5 heteroatoms. The van der Waals surface area contributed by atoms with E-state index in [1.807, 2.05) is 0 Å². The van der Waals surface area contributed by atoms with Crippen molar-refractivity contribution in [3.05, 3.63) is 0 Å². The molecule has 0 aromatic heterocycles. The van der Waals surface area contributed by atoms with Gasteiger partial charge in [0.2, 0.25) is 0 Å². The molecule has 0 aliphatic heterocycles. The van der Waals surface area contributed by atoms with Gasteiger partial charge in [0, 0.05) is 10.0 Å². The first-order chi connectivity index (χ1) is 1.91. The van der Waals surface area contributed by atoms with E-state index in [0.29, 0.717) is 10.5 Å². The van der Waals surface area contributed by atoms with Gasteiger partial charge >= 0.3 is 29.6 Å². The third kappa shape index (κ3) is 10.9. The van der Waals surface area contributed by atoms with Gasteiger partial charge in [-0.1, -0.05) is 0 Å². The van der Waals surface area contributed by atoms with E-state index in [4.69, 9.17) is 0 Å². The molecule has 0 aliphatic carbocycles. The Morgan fingerprint density at radius 1 is 1.80 bits per heavy atom. The van der Waals surface area contributed by atoms with Crippen molar-refractivity contribution in [1.29, 1.82) is 0 Å². The first-order valence-electron chi connectivity index (χ1n) is 0.986. The predicted molar refractivity (Wildman–Crippen MR) is 19.6 cm³/mol. The number of hydrogen-bond donors (Lipinski definition) is 0. The predicted octanol–water partition coefficient (Wildman–Crippen LogP) is -6.35. The second-order valence-electron chi connectivity index (χ2n) is 0.407. The Balaban J connectivity index is 0. The molecule has 0 amide bonds. The second-order valence-corrected chi connectivity index (χ2v) is 2.95. The van der Waals surface area contributed by atoms with E-state index in [2.05, 4.69) is 4.12 Å². The van der Waals surface area contributed by atoms with E-state index in [9.17, 15) is 4.80 Å². The van der Waals surface area contributed by atoms with Crippen LogP contribution in [-0.4, -0.2) is 20.5 Å². The Labute approximate surface area is 58.8 Å². The molecule has 0 unspecified atom stereocenters. The number of hydrogen-bond acceptors (Lipinski definition) is 2. The molecule has 0 rings (SSSR count). The van der Waals surface area contributed by atoms with Gasteiger partial charge in [0.15, 0.2) is 0 Å². The van der Waals surface area contributed by atoms with Gasteiger partial charge in [-0.15, -0.1) is 0 Å². The quantitative estimate of drug-likeness (QED) is 0.319. The maximum Gasteiger partial charge on any atom is 1.00 e. The van der Waals surface area contributed by atoms with Crippen LogP contribution in [0, 0.1) is 0 Å². The zero-order valence-electron chi connectivity index (χ0n) is 3.52. The summed E-state index contributed by atoms with van der Waals surface area (Å²) in [5.74, 6) is 0. The molecule has 0 aromatic carbocycles. The van der Waals surface area contributed by atoms with E-state index < -0.39 is 10.0 Å². The molecule has 0 aromatic rings. The number of rotatable bonds is 1. The fourth-order valence-electron chi connectivity index (χ4n) is 0. The van der Waals surface area contributed by atoms with Crippen molar-refractivity contribution >= 4 is 20.5 Å². The first-order valence-corrected chi connectivity index (χ1v) is 2.96. The van der Waals surface area contributed by atoms with Gasteiger partial charge in [0.05, 0.1) is 0 Å². The van der Waals surface area contributed by atoms with Crippen molar-refractivity contribution in [2.24, 2.45) is 0 Å². The summed E-state index contributed by atoms with van der Waals surface area (Å²) in [6, 6.07) is 0. The van der Waals surface area contributed by atoms with E-state index in [0.717, 1.165) is 0 Å². The van der Waals surface area contributed by atoms with Crippen LogP contribution in [-0.2, 0) is 4.12 Å². The van der Waals surface area contributed by atoms with Gasteiger partial charge in [-0.05, 0) is 0 Å². The molecule has 0 saturated heterocycles. The second kappa shape index (κ2) is 9.02. The summed E-state index contributed by atoms with van der Waals surface area (Å²) in [5.41, 5.74) is 0. The zero-order valence-corrected chi connectivity index (χ0v) is 8.94. The maximum atomic E-state index is 9.25. The molecule has 0 N–H and O–H groups in total. The van der Waals surface area contributed by atoms with Crippen LogP contribution < -0.4 is 34.4 Å². The average Bonchev–Trinajstić information content (AvgIpc) is 1.37. The largest absolute Gasteiger partial charge is 1.00 e. The SMILES string of the molecule is [Na+].[O-][SiH2]O[SiH3]. The van der Waals surface area contributed by atoms with Crippen molar-refractivity contribution in [3.63, 3.8) is 0 Å². The Hall–Kier alpha value is 1.35. The molecule has 0 spiro atoms. The fraction of sp³-hybridized carbons (Fsp3) is 0. The average molecular weight is 116 g/mol. The Bertz CT molecular complexity index is 9.61. The van der Waals surface area contributed by atoms with Crippen LogP contribution in [0.1, 0.15) is 0 Å². The minimum absolute atomic E-state index is 0. The third-order valence-corrected chi connectivity index (χ3v) is 1.06. The minimum Gasteiger partial charge on any atom is -0.844 e. The molecule has 2 nitrogen and oxygen atoms in total. The Morgan fingerprint density at radius 3 is 2.00 bits per heavy atom. The van der Waals surface area contributed by atoms with Crippen molar-refractivity contribution < 1.29 is 38.5 Å². The molecular formula is H5NaO2Si2. The fourth-order valence-corrected chi connectivity index (χ4v) is 0. The van der Waals surface area contributed by atoms with Crippen LogP contribution in [0.3, 0.4) is 0 Å². The molecule has 0 fully saturated rings. The topological polar surface area (TPSA) is 32.3 Å². The van der Waals surface area contributed by atoms with Crippen LogP contribution in [0.5, 0.6) is 0 Å². The van der Waals surface area contributed by atoms with Gasteiger partial charge in [-0.3, -0.25) is 0 Å². The molecule has 0 bridgehead atoms. The third-order valence-electron chi connectivity index (χ3n) is 0.118. The molecule has 0 radical (unpaired) electrons. The monoisotopic (exact) mass is 116 g/mol. The van der Waals surface area contributed by atoms with Gasteiger partial charge in [-0.25, -0.2) is 0 Å². The molecule has 0 saturated carbocycles. The van der Waals surface area contributed by atoms with E-state index >= 15 is 0 Å². The molecule has 0 atom stereocenters. The molecular weight excluding hydrogens is 111 g/mol.